The Hall–Kier alpha value is -3.53. The number of primary amides is 1. The maximum atomic E-state index is 12.5. The Morgan fingerprint density at radius 3 is 2.47 bits per heavy atom. The number of hydrogen-bond donors (Lipinski definition) is 3. The molecule has 1 unspecified atom stereocenters. The highest BCUT2D eigenvalue weighted by Gasteiger charge is 2.46. The van der Waals surface area contributed by atoms with Gasteiger partial charge < -0.3 is 25.6 Å². The zero-order valence-corrected chi connectivity index (χ0v) is 19.4. The molecule has 4 N–H and O–H groups in total. The first-order valence-corrected chi connectivity index (χ1v) is 11.7. The van der Waals surface area contributed by atoms with E-state index in [2.05, 4.69) is 15.0 Å². The molecule has 1 amide bonds. The van der Waals surface area contributed by atoms with E-state index in [-0.39, 0.29) is 29.3 Å². The minimum Gasteiger partial charge on any atom is -0.508 e. The van der Waals surface area contributed by atoms with E-state index in [1.54, 1.807) is 17.2 Å². The van der Waals surface area contributed by atoms with E-state index < -0.39 is 12.1 Å². The van der Waals surface area contributed by atoms with Crippen LogP contribution in [-0.2, 0) is 9.53 Å². The third kappa shape index (κ3) is 3.98. The Labute approximate surface area is 198 Å². The molecule has 3 heterocycles. The topological polar surface area (TPSA) is 128 Å². The average Bonchev–Trinajstić information content (AvgIpc) is 3.59. The fourth-order valence-corrected chi connectivity index (χ4v) is 4.56. The normalized spacial score (nSPS) is 20.7. The van der Waals surface area contributed by atoms with Gasteiger partial charge in [0.05, 0.1) is 31.1 Å². The van der Waals surface area contributed by atoms with E-state index in [1.807, 2.05) is 31.0 Å². The molecule has 1 aliphatic carbocycles. The van der Waals surface area contributed by atoms with Crippen molar-refractivity contribution in [2.45, 2.75) is 44.8 Å². The molecule has 0 bridgehead atoms. The predicted octanol–water partition coefficient (Wildman–Crippen LogP) is 2.23. The number of amidine groups is 1. The van der Waals surface area contributed by atoms with Crippen molar-refractivity contribution in [2.75, 3.05) is 36.1 Å². The lowest BCUT2D eigenvalue weighted by molar-refractivity contribution is -0.112. The summed E-state index contributed by atoms with van der Waals surface area (Å²) in [6, 6.07) is 7.08. The van der Waals surface area contributed by atoms with Crippen molar-refractivity contribution in [2.24, 2.45) is 10.8 Å². The second kappa shape index (κ2) is 8.68. The number of phenols is 2. The number of anilines is 2. The maximum absolute atomic E-state index is 12.5. The molecule has 2 aromatic rings. The Balaban J connectivity index is 1.58. The van der Waals surface area contributed by atoms with Crippen LogP contribution < -0.4 is 15.5 Å². The quantitative estimate of drug-likeness (QED) is 0.591. The van der Waals surface area contributed by atoms with E-state index in [0.29, 0.717) is 30.0 Å². The number of ether oxygens (including phenoxy) is 1. The van der Waals surface area contributed by atoms with Crippen LogP contribution in [0, 0.1) is 0 Å². The number of amides is 1. The molecule has 180 valence electrons. The van der Waals surface area contributed by atoms with Gasteiger partial charge in [-0.05, 0) is 42.5 Å². The summed E-state index contributed by atoms with van der Waals surface area (Å²) < 4.78 is 5.42. The monoisotopic (exact) mass is 466 g/mol. The van der Waals surface area contributed by atoms with Gasteiger partial charge in [-0.25, -0.2) is 4.98 Å². The molecule has 10 heteroatoms. The number of nitrogens with two attached hydrogens (primary N) is 1. The molecule has 1 aromatic carbocycles. The number of carbonyl (C=O) groups is 1. The predicted molar refractivity (Wildman–Crippen MR) is 128 cm³/mol. The number of phenolic OH excluding ortho intramolecular Hbond substituents is 2. The number of aromatic nitrogens is 1. The highest BCUT2D eigenvalue weighted by Crippen LogP contribution is 2.46. The van der Waals surface area contributed by atoms with Gasteiger partial charge in [0.1, 0.15) is 17.3 Å². The summed E-state index contributed by atoms with van der Waals surface area (Å²) in [6.07, 6.45) is 2.98. The number of nitrogens with zero attached hydrogens (tertiary/aromatic N) is 5. The first kappa shape index (κ1) is 22.3. The lowest BCUT2D eigenvalue weighted by Crippen LogP contribution is -2.41. The molecule has 5 rings (SSSR count). The van der Waals surface area contributed by atoms with Crippen molar-refractivity contribution in [1.29, 1.82) is 0 Å². The molecule has 1 saturated carbocycles. The van der Waals surface area contributed by atoms with Crippen LogP contribution in [0.5, 0.6) is 11.5 Å². The Kier molecular flexibility index (Phi) is 5.68. The van der Waals surface area contributed by atoms with Crippen LogP contribution >= 0.6 is 0 Å². The Morgan fingerprint density at radius 2 is 1.88 bits per heavy atom. The smallest absolute Gasteiger partial charge is 0.286 e. The van der Waals surface area contributed by atoms with Gasteiger partial charge in [-0.2, -0.15) is 5.10 Å². The summed E-state index contributed by atoms with van der Waals surface area (Å²) in [5.41, 5.74) is 7.64. The summed E-state index contributed by atoms with van der Waals surface area (Å²) in [5.74, 6) is 0.264. The van der Waals surface area contributed by atoms with Crippen molar-refractivity contribution in [3.05, 3.63) is 41.6 Å². The second-order valence-electron chi connectivity index (χ2n) is 9.24. The summed E-state index contributed by atoms with van der Waals surface area (Å²) in [6.45, 7) is 6.79. The molecule has 0 radical (unpaired) electrons. The van der Waals surface area contributed by atoms with Crippen LogP contribution in [0.1, 0.15) is 49.9 Å². The number of pyridine rings is 1. The standard InChI is InChI=1S/C24H30N6O4/c1-14(2)17-11-18(20(32)12-19(17)31)24-29(23(22(25)33)27-30(24)15-3-4-15)16-5-6-21(26-13-16)28-7-9-34-10-8-28/h5-6,11-15,24,31-32H,3-4,7-10H2,1-2H3,(H2,25,33). The van der Waals surface area contributed by atoms with Crippen LogP contribution in [0.15, 0.2) is 35.6 Å². The van der Waals surface area contributed by atoms with Gasteiger partial charge in [-0.1, -0.05) is 13.8 Å². The minimum absolute atomic E-state index is 0.0337. The molecule has 2 fully saturated rings. The molecule has 3 aliphatic rings. The lowest BCUT2D eigenvalue weighted by Gasteiger charge is -2.33. The van der Waals surface area contributed by atoms with Crippen molar-refractivity contribution in [1.82, 2.24) is 9.99 Å². The van der Waals surface area contributed by atoms with Crippen LogP contribution in [0.25, 0.3) is 0 Å². The first-order valence-electron chi connectivity index (χ1n) is 11.7. The third-order valence-corrected chi connectivity index (χ3v) is 6.50. The van der Waals surface area contributed by atoms with Gasteiger partial charge in [0, 0.05) is 24.7 Å². The largest absolute Gasteiger partial charge is 0.508 e. The van der Waals surface area contributed by atoms with E-state index in [0.717, 1.165) is 31.7 Å². The van der Waals surface area contributed by atoms with Gasteiger partial charge in [-0.15, -0.1) is 0 Å². The van der Waals surface area contributed by atoms with Crippen molar-refractivity contribution in [3.63, 3.8) is 0 Å². The van der Waals surface area contributed by atoms with Crippen LogP contribution in [0.3, 0.4) is 0 Å². The number of hydrazone groups is 1. The van der Waals surface area contributed by atoms with E-state index >= 15 is 0 Å². The average molecular weight is 467 g/mol. The minimum atomic E-state index is -0.659. The number of morpholine rings is 1. The fraction of sp³-hybridized carbons (Fsp3) is 0.458. The van der Waals surface area contributed by atoms with Crippen LogP contribution in [0.2, 0.25) is 0 Å². The van der Waals surface area contributed by atoms with Gasteiger partial charge in [0.15, 0.2) is 6.17 Å². The number of carbonyl (C=O) groups excluding carboxylic acids is 1. The number of benzene rings is 1. The van der Waals surface area contributed by atoms with E-state index in [1.165, 1.54) is 6.07 Å². The Bertz CT molecular complexity index is 1110. The number of hydrogen-bond acceptors (Lipinski definition) is 9. The third-order valence-electron chi connectivity index (χ3n) is 6.50. The van der Waals surface area contributed by atoms with Crippen LogP contribution in [0.4, 0.5) is 11.5 Å². The fourth-order valence-electron chi connectivity index (χ4n) is 4.56. The molecule has 1 atom stereocenters. The first-order chi connectivity index (χ1) is 16.3. The summed E-state index contributed by atoms with van der Waals surface area (Å²) >= 11 is 0. The molecule has 10 nitrogen and oxygen atoms in total. The number of rotatable bonds is 6. The lowest BCUT2D eigenvalue weighted by atomic mass is 9.97. The molecule has 0 spiro atoms. The Morgan fingerprint density at radius 1 is 1.15 bits per heavy atom. The second-order valence-corrected chi connectivity index (χ2v) is 9.24. The summed E-state index contributed by atoms with van der Waals surface area (Å²) in [4.78, 5) is 21.0. The van der Waals surface area contributed by atoms with Gasteiger partial charge in [0.2, 0.25) is 5.84 Å². The van der Waals surface area contributed by atoms with Crippen molar-refractivity contribution < 1.29 is 19.7 Å². The number of aromatic hydroxyl groups is 2. The highest BCUT2D eigenvalue weighted by molar-refractivity contribution is 6.43. The highest BCUT2D eigenvalue weighted by atomic mass is 16.5. The zero-order chi connectivity index (χ0) is 24.0. The zero-order valence-electron chi connectivity index (χ0n) is 19.4. The molecular formula is C24H30N6O4. The molecule has 1 saturated heterocycles. The van der Waals surface area contributed by atoms with Crippen molar-refractivity contribution in [3.8, 4) is 11.5 Å². The van der Waals surface area contributed by atoms with Crippen LogP contribution in [-0.4, -0.2) is 64.3 Å². The molecular weight excluding hydrogens is 436 g/mol. The summed E-state index contributed by atoms with van der Waals surface area (Å²) in [7, 11) is 0. The molecule has 2 aliphatic heterocycles. The van der Waals surface area contributed by atoms with Gasteiger partial charge in [0.25, 0.3) is 5.91 Å². The van der Waals surface area contributed by atoms with E-state index in [9.17, 15) is 15.0 Å². The SMILES string of the molecule is CC(C)c1cc(C2N(c3ccc(N4CCOCC4)nc3)C(C(N)=O)=NN2C2CC2)c(O)cc1O. The van der Waals surface area contributed by atoms with Crippen molar-refractivity contribution >= 4 is 23.2 Å². The van der Waals surface area contributed by atoms with Gasteiger partial charge in [-0.3, -0.25) is 14.7 Å². The van der Waals surface area contributed by atoms with E-state index in [4.69, 9.17) is 10.5 Å². The summed E-state index contributed by atoms with van der Waals surface area (Å²) in [5, 5.41) is 27.7. The van der Waals surface area contributed by atoms with Gasteiger partial charge >= 0.3 is 0 Å². The molecule has 34 heavy (non-hydrogen) atoms. The molecule has 1 aromatic heterocycles. The maximum Gasteiger partial charge on any atom is 0.286 e.